The molecule has 100 valence electrons. The summed E-state index contributed by atoms with van der Waals surface area (Å²) in [6.07, 6.45) is -0.570. The predicted octanol–water partition coefficient (Wildman–Crippen LogP) is 2.17. The quantitative estimate of drug-likeness (QED) is 0.813. The van der Waals surface area contributed by atoms with E-state index in [2.05, 4.69) is 0 Å². The summed E-state index contributed by atoms with van der Waals surface area (Å²) in [5, 5.41) is 9.20. The van der Waals surface area contributed by atoms with Gasteiger partial charge in [0.1, 0.15) is 5.78 Å². The van der Waals surface area contributed by atoms with Gasteiger partial charge in [-0.1, -0.05) is 6.92 Å². The molecular weight excluding hydrogens is 230 g/mol. The number of Topliss-reactive ketones (excluding diaryl/α,β-unsaturated/α-hetero) is 1. The van der Waals surface area contributed by atoms with Crippen LogP contribution in [0.25, 0.3) is 0 Å². The topological polar surface area (TPSA) is 46.5 Å². The van der Waals surface area contributed by atoms with Crippen LogP contribution in [0, 0.1) is 5.92 Å². The van der Waals surface area contributed by atoms with E-state index in [1.54, 1.807) is 0 Å². The lowest BCUT2D eigenvalue weighted by Gasteiger charge is -2.31. The van der Waals surface area contributed by atoms with E-state index in [0.29, 0.717) is 12.8 Å². The van der Waals surface area contributed by atoms with Crippen molar-refractivity contribution < 1.29 is 23.4 Å². The van der Waals surface area contributed by atoms with Crippen LogP contribution in [0.3, 0.4) is 0 Å². The van der Waals surface area contributed by atoms with Gasteiger partial charge in [-0.05, 0) is 19.8 Å². The van der Waals surface area contributed by atoms with Crippen LogP contribution in [-0.4, -0.2) is 35.6 Å². The van der Waals surface area contributed by atoms with Gasteiger partial charge in [0.25, 0.3) is 5.92 Å². The van der Waals surface area contributed by atoms with Crippen LogP contribution in [0.4, 0.5) is 8.78 Å². The molecule has 0 radical (unpaired) electrons. The van der Waals surface area contributed by atoms with E-state index < -0.39 is 24.0 Å². The highest BCUT2D eigenvalue weighted by atomic mass is 19.3. The van der Waals surface area contributed by atoms with Crippen molar-refractivity contribution in [3.63, 3.8) is 0 Å². The zero-order chi connectivity index (χ0) is 13.1. The van der Waals surface area contributed by atoms with Crippen molar-refractivity contribution in [2.75, 3.05) is 6.61 Å². The number of ketones is 1. The zero-order valence-electron chi connectivity index (χ0n) is 10.3. The number of carbonyl (C=O) groups is 1. The van der Waals surface area contributed by atoms with Crippen molar-refractivity contribution >= 4 is 5.78 Å². The van der Waals surface area contributed by atoms with Gasteiger partial charge >= 0.3 is 0 Å². The van der Waals surface area contributed by atoms with Gasteiger partial charge in [0.15, 0.2) is 0 Å². The molecule has 0 aliphatic carbocycles. The lowest BCUT2D eigenvalue weighted by atomic mass is 9.91. The predicted molar refractivity (Wildman–Crippen MR) is 59.0 cm³/mol. The second-order valence-electron chi connectivity index (χ2n) is 4.96. The molecule has 0 aromatic carbocycles. The Kier molecular flexibility index (Phi) is 5.01. The summed E-state index contributed by atoms with van der Waals surface area (Å²) < 4.78 is 32.7. The smallest absolute Gasteiger partial charge is 0.253 e. The summed E-state index contributed by atoms with van der Waals surface area (Å²) in [7, 11) is 0. The number of alkyl halides is 2. The van der Waals surface area contributed by atoms with E-state index in [4.69, 9.17) is 4.74 Å². The third-order valence-electron chi connectivity index (χ3n) is 3.16. The maximum absolute atomic E-state index is 13.8. The second kappa shape index (κ2) is 5.87. The summed E-state index contributed by atoms with van der Waals surface area (Å²) in [4.78, 5) is 10.8. The molecule has 1 aliphatic rings. The first kappa shape index (κ1) is 14.5. The highest BCUT2D eigenvalue weighted by Crippen LogP contribution is 2.34. The SMILES string of the molecule is CC(=O)C[C@@H](C)C(F)(F)C[C@H]1CC[C@H](O)CO1. The Morgan fingerprint density at radius 1 is 1.53 bits per heavy atom. The van der Waals surface area contributed by atoms with Crippen LogP contribution < -0.4 is 0 Å². The molecule has 1 saturated heterocycles. The van der Waals surface area contributed by atoms with Gasteiger partial charge in [0.2, 0.25) is 0 Å². The molecular formula is C12H20F2O3. The molecule has 0 aromatic rings. The van der Waals surface area contributed by atoms with E-state index in [9.17, 15) is 18.7 Å². The third-order valence-corrected chi connectivity index (χ3v) is 3.16. The maximum atomic E-state index is 13.8. The van der Waals surface area contributed by atoms with E-state index in [0.717, 1.165) is 0 Å². The molecule has 3 nitrogen and oxygen atoms in total. The van der Waals surface area contributed by atoms with E-state index >= 15 is 0 Å². The molecule has 0 bridgehead atoms. The standard InChI is InChI=1S/C12H20F2O3/c1-8(5-9(2)15)12(13,14)6-11-4-3-10(16)7-17-11/h8,10-11,16H,3-7H2,1-2H3/t8-,10+,11-/m1/s1. The summed E-state index contributed by atoms with van der Waals surface area (Å²) in [5.74, 6) is -4.08. The number of rotatable bonds is 5. The van der Waals surface area contributed by atoms with Crippen LogP contribution in [0.5, 0.6) is 0 Å². The molecule has 1 aliphatic heterocycles. The lowest BCUT2D eigenvalue weighted by molar-refractivity contribution is -0.136. The number of carbonyl (C=O) groups excluding carboxylic acids is 1. The lowest BCUT2D eigenvalue weighted by Crippen LogP contribution is -2.37. The fourth-order valence-electron chi connectivity index (χ4n) is 2.04. The van der Waals surface area contributed by atoms with E-state index in [-0.39, 0.29) is 25.2 Å². The molecule has 1 heterocycles. The van der Waals surface area contributed by atoms with Gasteiger partial charge in [-0.2, -0.15) is 0 Å². The summed E-state index contributed by atoms with van der Waals surface area (Å²) in [5.41, 5.74) is 0. The summed E-state index contributed by atoms with van der Waals surface area (Å²) in [6.45, 7) is 2.83. The van der Waals surface area contributed by atoms with Crippen LogP contribution >= 0.6 is 0 Å². The molecule has 0 spiro atoms. The summed E-state index contributed by atoms with van der Waals surface area (Å²) in [6, 6.07) is 0. The molecule has 3 atom stereocenters. The molecule has 0 aromatic heterocycles. The molecule has 0 amide bonds. The van der Waals surface area contributed by atoms with Crippen molar-refractivity contribution in [2.24, 2.45) is 5.92 Å². The Morgan fingerprint density at radius 3 is 2.65 bits per heavy atom. The first-order chi connectivity index (χ1) is 7.81. The van der Waals surface area contributed by atoms with E-state index in [1.807, 2.05) is 0 Å². The van der Waals surface area contributed by atoms with Crippen molar-refractivity contribution in [2.45, 2.75) is 57.7 Å². The third kappa shape index (κ3) is 4.68. The number of hydrogen-bond acceptors (Lipinski definition) is 3. The minimum absolute atomic E-state index is 0.109. The van der Waals surface area contributed by atoms with Crippen LogP contribution in [0.2, 0.25) is 0 Å². The first-order valence-electron chi connectivity index (χ1n) is 5.98. The normalized spacial score (nSPS) is 27.8. The Morgan fingerprint density at radius 2 is 2.18 bits per heavy atom. The van der Waals surface area contributed by atoms with E-state index in [1.165, 1.54) is 13.8 Å². The highest BCUT2D eigenvalue weighted by Gasteiger charge is 2.40. The van der Waals surface area contributed by atoms with Gasteiger partial charge < -0.3 is 14.6 Å². The first-order valence-corrected chi connectivity index (χ1v) is 5.98. The second-order valence-corrected chi connectivity index (χ2v) is 4.96. The zero-order valence-corrected chi connectivity index (χ0v) is 10.3. The van der Waals surface area contributed by atoms with Gasteiger partial charge in [0.05, 0.1) is 18.8 Å². The fraction of sp³-hybridized carbons (Fsp3) is 0.917. The molecule has 5 heteroatoms. The summed E-state index contributed by atoms with van der Waals surface area (Å²) >= 11 is 0. The average Bonchev–Trinajstić information content (AvgIpc) is 2.20. The maximum Gasteiger partial charge on any atom is 0.253 e. The number of halogens is 2. The number of hydrogen-bond donors (Lipinski definition) is 1. The van der Waals surface area contributed by atoms with Crippen molar-refractivity contribution in [3.05, 3.63) is 0 Å². The Hall–Kier alpha value is -0.550. The van der Waals surface area contributed by atoms with Gasteiger partial charge in [-0.25, -0.2) is 8.78 Å². The molecule has 1 fully saturated rings. The van der Waals surface area contributed by atoms with Crippen LogP contribution in [-0.2, 0) is 9.53 Å². The van der Waals surface area contributed by atoms with Gasteiger partial charge in [-0.15, -0.1) is 0 Å². The van der Waals surface area contributed by atoms with Gasteiger partial charge in [0, 0.05) is 18.8 Å². The van der Waals surface area contributed by atoms with Crippen molar-refractivity contribution in [1.29, 1.82) is 0 Å². The molecule has 1 rings (SSSR count). The Balaban J connectivity index is 2.45. The van der Waals surface area contributed by atoms with Crippen molar-refractivity contribution in [1.82, 2.24) is 0 Å². The monoisotopic (exact) mass is 250 g/mol. The molecule has 17 heavy (non-hydrogen) atoms. The van der Waals surface area contributed by atoms with Gasteiger partial charge in [-0.3, -0.25) is 0 Å². The average molecular weight is 250 g/mol. The Labute approximate surface area is 100 Å². The number of aliphatic hydroxyl groups excluding tert-OH is 1. The molecule has 0 saturated carbocycles. The molecule has 1 N–H and O–H groups in total. The highest BCUT2D eigenvalue weighted by molar-refractivity contribution is 5.75. The molecule has 0 unspecified atom stereocenters. The van der Waals surface area contributed by atoms with Crippen molar-refractivity contribution in [3.8, 4) is 0 Å². The Bertz CT molecular complexity index is 260. The van der Waals surface area contributed by atoms with Crippen LogP contribution in [0.15, 0.2) is 0 Å². The minimum atomic E-state index is -2.89. The largest absolute Gasteiger partial charge is 0.391 e. The minimum Gasteiger partial charge on any atom is -0.391 e. The number of ether oxygens (including phenoxy) is 1. The van der Waals surface area contributed by atoms with Crippen LogP contribution in [0.1, 0.15) is 39.5 Å². The number of aliphatic hydroxyl groups is 1. The fourth-order valence-corrected chi connectivity index (χ4v) is 2.04.